The van der Waals surface area contributed by atoms with Crippen LogP contribution in [0.4, 0.5) is 0 Å². The van der Waals surface area contributed by atoms with E-state index < -0.39 is 42.7 Å². The molecule has 0 saturated carbocycles. The van der Waals surface area contributed by atoms with E-state index in [0.717, 1.165) is 34.6 Å². The van der Waals surface area contributed by atoms with Gasteiger partial charge in [-0.15, -0.1) is 5.10 Å². The first-order valence-electron chi connectivity index (χ1n) is 13.6. The summed E-state index contributed by atoms with van der Waals surface area (Å²) in [5, 5.41) is 50.6. The zero-order valence-electron chi connectivity index (χ0n) is 23.9. The van der Waals surface area contributed by atoms with Crippen molar-refractivity contribution in [1.29, 1.82) is 0 Å². The van der Waals surface area contributed by atoms with Crippen LogP contribution in [-0.2, 0) is 16.0 Å². The minimum absolute atomic E-state index is 0.0970. The van der Waals surface area contributed by atoms with E-state index in [2.05, 4.69) is 15.5 Å². The van der Waals surface area contributed by atoms with Crippen LogP contribution in [0.25, 0.3) is 0 Å². The Bertz CT molecular complexity index is 1120. The van der Waals surface area contributed by atoms with E-state index in [1.165, 1.54) is 0 Å². The van der Waals surface area contributed by atoms with Crippen LogP contribution in [0.2, 0.25) is 0 Å². The summed E-state index contributed by atoms with van der Waals surface area (Å²) in [7, 11) is 0. The molecule has 1 aliphatic rings. The summed E-state index contributed by atoms with van der Waals surface area (Å²) < 4.78 is 17.3. The lowest BCUT2D eigenvalue weighted by Gasteiger charge is -2.39. The number of rotatable bonds is 14. The van der Waals surface area contributed by atoms with Crippen LogP contribution >= 0.6 is 0 Å². The van der Waals surface area contributed by atoms with Crippen LogP contribution in [0.3, 0.4) is 0 Å². The molecule has 1 aromatic carbocycles. The number of aryl methyl sites for hydroxylation is 1. The average Bonchev–Trinajstić information content (AvgIpc) is 3.30. The van der Waals surface area contributed by atoms with Crippen LogP contribution in [0, 0.1) is 12.3 Å². The van der Waals surface area contributed by atoms with Gasteiger partial charge in [0.2, 0.25) is 18.1 Å². The third-order valence-corrected chi connectivity index (χ3v) is 7.20. The van der Waals surface area contributed by atoms with Gasteiger partial charge in [0, 0.05) is 24.2 Å². The van der Waals surface area contributed by atoms with E-state index in [9.17, 15) is 25.2 Å². The maximum absolute atomic E-state index is 11.4. The Kier molecular flexibility index (Phi) is 10.9. The Morgan fingerprint density at radius 2 is 1.95 bits per heavy atom. The van der Waals surface area contributed by atoms with Crippen LogP contribution in [-0.4, -0.2) is 93.5 Å². The highest BCUT2D eigenvalue weighted by molar-refractivity contribution is 5.80. The van der Waals surface area contributed by atoms with Crippen molar-refractivity contribution in [2.45, 2.75) is 84.1 Å². The summed E-state index contributed by atoms with van der Waals surface area (Å²) in [6.45, 7) is 10.8. The standard InChI is InChI=1S/C28H44N4O8/c1-15(2)21-19(25(32-31-21)40-26-24(36)23(35)22(34)20(13-33)39-26)12-17-7-8-18(11-16(17)3)38-10-6-9-30-14-28(4,5)27(29)37/h7-8,11,15,20,22-24,26,30,33-36H,6,9-10,12-14H2,1-5H3,(H2,29,37)(H,31,32)/t20?,22?,23?,24-,26?/m1/s1. The number of carbonyl (C=O) groups excluding carboxylic acids is 1. The first-order chi connectivity index (χ1) is 18.9. The third kappa shape index (κ3) is 7.71. The average molecular weight is 565 g/mol. The van der Waals surface area contributed by atoms with Gasteiger partial charge in [-0.25, -0.2) is 0 Å². The smallest absolute Gasteiger partial charge is 0.238 e. The molecule has 1 amide bonds. The zero-order valence-corrected chi connectivity index (χ0v) is 23.9. The minimum atomic E-state index is -1.55. The number of nitrogens with two attached hydrogens (primary N) is 1. The number of aliphatic hydroxyl groups is 4. The summed E-state index contributed by atoms with van der Waals surface area (Å²) in [5.74, 6) is 0.711. The Labute approximate surface area is 234 Å². The molecule has 1 fully saturated rings. The van der Waals surface area contributed by atoms with Gasteiger partial charge in [-0.1, -0.05) is 19.9 Å². The number of primary amides is 1. The molecule has 2 heterocycles. The summed E-state index contributed by atoms with van der Waals surface area (Å²) in [6, 6.07) is 5.85. The fourth-order valence-electron chi connectivity index (χ4n) is 4.40. The fraction of sp³-hybridized carbons (Fsp3) is 0.643. The lowest BCUT2D eigenvalue weighted by Crippen LogP contribution is -2.60. The van der Waals surface area contributed by atoms with Gasteiger partial charge in [0.25, 0.3) is 0 Å². The first-order valence-corrected chi connectivity index (χ1v) is 13.6. The van der Waals surface area contributed by atoms with Crippen molar-refractivity contribution in [3.05, 3.63) is 40.6 Å². The van der Waals surface area contributed by atoms with Gasteiger partial charge in [-0.2, -0.15) is 0 Å². The summed E-state index contributed by atoms with van der Waals surface area (Å²) in [6.07, 6.45) is -5.72. The second-order valence-electron chi connectivity index (χ2n) is 11.3. The van der Waals surface area contributed by atoms with E-state index >= 15 is 0 Å². The molecule has 40 heavy (non-hydrogen) atoms. The number of hydrogen-bond donors (Lipinski definition) is 7. The topological polar surface area (TPSA) is 192 Å². The zero-order chi connectivity index (χ0) is 29.6. The van der Waals surface area contributed by atoms with Crippen LogP contribution in [0.1, 0.15) is 62.4 Å². The highest BCUT2D eigenvalue weighted by Gasteiger charge is 2.45. The number of benzene rings is 1. The van der Waals surface area contributed by atoms with Crippen molar-refractivity contribution < 1.29 is 39.4 Å². The Hall–Kier alpha value is -2.74. The van der Waals surface area contributed by atoms with Crippen LogP contribution < -0.4 is 20.5 Å². The molecule has 0 radical (unpaired) electrons. The highest BCUT2D eigenvalue weighted by Crippen LogP contribution is 2.32. The molecule has 224 valence electrons. The normalized spacial score (nSPS) is 23.4. The van der Waals surface area contributed by atoms with E-state index in [0.29, 0.717) is 26.1 Å². The molecule has 3 rings (SSSR count). The number of H-pyrrole nitrogens is 1. The number of aliphatic hydroxyl groups excluding tert-OH is 4. The van der Waals surface area contributed by atoms with Gasteiger partial charge in [-0.3, -0.25) is 9.89 Å². The lowest BCUT2D eigenvalue weighted by atomic mass is 9.93. The maximum Gasteiger partial charge on any atom is 0.238 e. The van der Waals surface area contributed by atoms with Crippen LogP contribution in [0.15, 0.2) is 18.2 Å². The number of hydrogen-bond acceptors (Lipinski definition) is 10. The summed E-state index contributed by atoms with van der Waals surface area (Å²) in [4.78, 5) is 11.4. The number of nitrogens with zero attached hydrogens (tertiary/aromatic N) is 1. The predicted octanol–water partition coefficient (Wildman–Crippen LogP) is 0.481. The van der Waals surface area contributed by atoms with Crippen molar-refractivity contribution in [2.24, 2.45) is 11.1 Å². The molecule has 12 nitrogen and oxygen atoms in total. The minimum Gasteiger partial charge on any atom is -0.494 e. The number of amides is 1. The molecule has 12 heteroatoms. The third-order valence-electron chi connectivity index (χ3n) is 7.20. The highest BCUT2D eigenvalue weighted by atomic mass is 16.7. The van der Waals surface area contributed by atoms with Gasteiger partial charge in [-0.05, 0) is 62.9 Å². The van der Waals surface area contributed by atoms with Gasteiger partial charge < -0.3 is 45.7 Å². The van der Waals surface area contributed by atoms with Crippen molar-refractivity contribution in [3.8, 4) is 11.6 Å². The van der Waals surface area contributed by atoms with E-state index in [-0.39, 0.29) is 17.7 Å². The SMILES string of the molecule is Cc1cc(OCCCNCC(C)(C)C(N)=O)ccc1Cc1c(OC2OC(CO)C(O)C(O)[C@H]2O)n[nH]c1C(C)C. The monoisotopic (exact) mass is 564 g/mol. The van der Waals surface area contributed by atoms with E-state index in [1.54, 1.807) is 13.8 Å². The number of nitrogens with one attached hydrogen (secondary N) is 2. The predicted molar refractivity (Wildman–Crippen MR) is 147 cm³/mol. The molecule has 0 bridgehead atoms. The van der Waals surface area contributed by atoms with Crippen molar-refractivity contribution in [3.63, 3.8) is 0 Å². The summed E-state index contributed by atoms with van der Waals surface area (Å²) >= 11 is 0. The number of aromatic nitrogens is 2. The number of ether oxygens (including phenoxy) is 3. The molecule has 1 saturated heterocycles. The van der Waals surface area contributed by atoms with Gasteiger partial charge >= 0.3 is 0 Å². The van der Waals surface area contributed by atoms with Gasteiger partial charge in [0.15, 0.2) is 0 Å². The summed E-state index contributed by atoms with van der Waals surface area (Å²) in [5.41, 5.74) is 8.45. The molecular weight excluding hydrogens is 520 g/mol. The molecular formula is C28H44N4O8. The Morgan fingerprint density at radius 3 is 2.58 bits per heavy atom. The lowest BCUT2D eigenvalue weighted by molar-refractivity contribution is -0.278. The maximum atomic E-state index is 11.4. The van der Waals surface area contributed by atoms with Crippen molar-refractivity contribution >= 4 is 5.91 Å². The molecule has 5 atom stereocenters. The Morgan fingerprint density at radius 1 is 1.23 bits per heavy atom. The molecule has 4 unspecified atom stereocenters. The van der Waals surface area contributed by atoms with E-state index in [4.69, 9.17) is 19.9 Å². The second-order valence-corrected chi connectivity index (χ2v) is 11.3. The second kappa shape index (κ2) is 13.7. The fourth-order valence-corrected chi connectivity index (χ4v) is 4.40. The van der Waals surface area contributed by atoms with Crippen LogP contribution in [0.5, 0.6) is 11.6 Å². The number of aromatic amines is 1. The Balaban J connectivity index is 1.64. The molecule has 1 aliphatic heterocycles. The van der Waals surface area contributed by atoms with Gasteiger partial charge in [0.05, 0.1) is 18.6 Å². The van der Waals surface area contributed by atoms with E-state index in [1.807, 2.05) is 39.0 Å². The van der Waals surface area contributed by atoms with Crippen molar-refractivity contribution in [2.75, 3.05) is 26.3 Å². The first kappa shape index (κ1) is 31.8. The quantitative estimate of drug-likeness (QED) is 0.159. The number of carbonyl (C=O) groups is 1. The molecule has 1 aromatic heterocycles. The molecule has 2 aromatic rings. The largest absolute Gasteiger partial charge is 0.494 e. The molecule has 0 aliphatic carbocycles. The van der Waals surface area contributed by atoms with Crippen molar-refractivity contribution in [1.82, 2.24) is 15.5 Å². The molecule has 0 spiro atoms. The van der Waals surface area contributed by atoms with Gasteiger partial charge in [0.1, 0.15) is 30.2 Å². The molecule has 8 N–H and O–H groups in total.